The molecule has 25 heavy (non-hydrogen) atoms. The van der Waals surface area contributed by atoms with Crippen molar-refractivity contribution in [3.8, 4) is 0 Å². The third-order valence-corrected chi connectivity index (χ3v) is 6.98. The predicted octanol–water partition coefficient (Wildman–Crippen LogP) is 3.43. The number of nitrogens with two attached hydrogens (primary N) is 1. The Hall–Kier alpha value is -1.15. The van der Waals surface area contributed by atoms with Gasteiger partial charge in [0.1, 0.15) is 4.33 Å². The van der Waals surface area contributed by atoms with Crippen LogP contribution in [0, 0.1) is 0 Å². The summed E-state index contributed by atoms with van der Waals surface area (Å²) in [6.07, 6.45) is 4.43. The average molecular weight is 402 g/mol. The van der Waals surface area contributed by atoms with E-state index in [9.17, 15) is 8.42 Å². The maximum absolute atomic E-state index is 11.9. The third kappa shape index (κ3) is 2.97. The zero-order valence-electron chi connectivity index (χ0n) is 13.2. The molecule has 1 heterocycles. The molecule has 0 amide bonds. The van der Waals surface area contributed by atoms with E-state index in [1.165, 1.54) is 6.07 Å². The van der Waals surface area contributed by atoms with Crippen LogP contribution in [0.15, 0.2) is 33.7 Å². The van der Waals surface area contributed by atoms with E-state index in [0.717, 1.165) is 25.7 Å². The van der Waals surface area contributed by atoms with E-state index in [0.29, 0.717) is 23.2 Å². The van der Waals surface area contributed by atoms with Crippen LogP contribution >= 0.6 is 23.2 Å². The van der Waals surface area contributed by atoms with Crippen molar-refractivity contribution in [2.24, 2.45) is 5.14 Å². The first kappa shape index (κ1) is 17.3. The molecule has 9 heteroatoms. The Morgan fingerprint density at radius 2 is 1.84 bits per heavy atom. The van der Waals surface area contributed by atoms with Crippen molar-refractivity contribution in [3.63, 3.8) is 0 Å². The summed E-state index contributed by atoms with van der Waals surface area (Å²) in [5.41, 5.74) is 0.473. The molecule has 0 spiro atoms. The quantitative estimate of drug-likeness (QED) is 0.790. The molecular formula is C16H17Cl2N3O3S. The molecule has 2 saturated carbocycles. The molecule has 2 N–H and O–H groups in total. The standard InChI is InChI=1S/C16H17Cl2N3O3S/c17-16(18)12(10-7-3-4-8-11(10)25(19,22)23)13(16)15-20-14(21-24-15)9-5-1-2-6-9/h3-4,7-9,12-13H,1-2,5-6H2,(H2,19,22,23). The van der Waals surface area contributed by atoms with Gasteiger partial charge in [0, 0.05) is 11.8 Å². The van der Waals surface area contributed by atoms with Gasteiger partial charge in [-0.2, -0.15) is 4.98 Å². The minimum absolute atomic E-state index is 0.0173. The Balaban J connectivity index is 1.67. The van der Waals surface area contributed by atoms with Gasteiger partial charge in [-0.15, -0.1) is 23.2 Å². The molecular weight excluding hydrogens is 385 g/mol. The van der Waals surface area contributed by atoms with Gasteiger partial charge in [0.25, 0.3) is 0 Å². The summed E-state index contributed by atoms with van der Waals surface area (Å²) in [5, 5.41) is 9.40. The number of hydrogen-bond acceptors (Lipinski definition) is 5. The van der Waals surface area contributed by atoms with Crippen molar-refractivity contribution in [3.05, 3.63) is 41.5 Å². The number of nitrogens with zero attached hydrogens (tertiary/aromatic N) is 2. The number of sulfonamides is 1. The van der Waals surface area contributed by atoms with Gasteiger partial charge in [-0.1, -0.05) is 36.2 Å². The number of primary sulfonamides is 1. The third-order valence-electron chi connectivity index (χ3n) is 5.06. The van der Waals surface area contributed by atoms with Crippen LogP contribution in [0.1, 0.15) is 60.7 Å². The van der Waals surface area contributed by atoms with Gasteiger partial charge >= 0.3 is 0 Å². The second-order valence-corrected chi connectivity index (χ2v) is 9.66. The first-order chi connectivity index (χ1) is 11.8. The molecule has 2 aliphatic carbocycles. The van der Waals surface area contributed by atoms with Crippen molar-refractivity contribution >= 4 is 33.2 Å². The van der Waals surface area contributed by atoms with Gasteiger partial charge in [0.15, 0.2) is 5.82 Å². The summed E-state index contributed by atoms with van der Waals surface area (Å²) in [4.78, 5) is 4.51. The van der Waals surface area contributed by atoms with E-state index in [1.807, 2.05) is 0 Å². The summed E-state index contributed by atoms with van der Waals surface area (Å²) in [5.74, 6) is 0.415. The van der Waals surface area contributed by atoms with Crippen molar-refractivity contribution in [2.45, 2.75) is 52.7 Å². The molecule has 1 aromatic carbocycles. The number of alkyl halides is 2. The fraction of sp³-hybridized carbons (Fsp3) is 0.500. The van der Waals surface area contributed by atoms with Gasteiger partial charge in [0.05, 0.1) is 10.8 Å². The molecule has 2 fully saturated rings. The Kier molecular flexibility index (Phi) is 4.11. The van der Waals surface area contributed by atoms with Crippen LogP contribution in [0.25, 0.3) is 0 Å². The number of hydrogen-bond donors (Lipinski definition) is 1. The first-order valence-corrected chi connectivity index (χ1v) is 10.4. The van der Waals surface area contributed by atoms with E-state index in [4.69, 9.17) is 32.9 Å². The molecule has 1 aromatic heterocycles. The van der Waals surface area contributed by atoms with Crippen LogP contribution in [-0.4, -0.2) is 22.9 Å². The fourth-order valence-electron chi connectivity index (χ4n) is 3.74. The zero-order valence-corrected chi connectivity index (χ0v) is 15.6. The second-order valence-electron chi connectivity index (χ2n) is 6.68. The van der Waals surface area contributed by atoms with Gasteiger partial charge in [-0.05, 0) is 24.5 Å². The minimum atomic E-state index is -3.89. The molecule has 0 radical (unpaired) electrons. The highest BCUT2D eigenvalue weighted by Gasteiger charge is 2.68. The van der Waals surface area contributed by atoms with Crippen LogP contribution in [0.4, 0.5) is 0 Å². The van der Waals surface area contributed by atoms with Gasteiger partial charge < -0.3 is 4.52 Å². The maximum atomic E-state index is 11.9. The lowest BCUT2D eigenvalue weighted by Crippen LogP contribution is -2.14. The summed E-state index contributed by atoms with van der Waals surface area (Å²) in [7, 11) is -3.89. The van der Waals surface area contributed by atoms with Gasteiger partial charge in [0.2, 0.25) is 15.9 Å². The molecule has 0 saturated heterocycles. The van der Waals surface area contributed by atoms with Gasteiger partial charge in [-0.25, -0.2) is 13.6 Å². The molecule has 4 rings (SSSR count). The van der Waals surface area contributed by atoms with E-state index in [1.54, 1.807) is 18.2 Å². The minimum Gasteiger partial charge on any atom is -0.339 e. The monoisotopic (exact) mass is 401 g/mol. The van der Waals surface area contributed by atoms with Crippen molar-refractivity contribution in [2.75, 3.05) is 0 Å². The number of aromatic nitrogens is 2. The zero-order chi connectivity index (χ0) is 17.8. The fourth-order valence-corrected chi connectivity index (χ4v) is 5.33. The highest BCUT2D eigenvalue weighted by atomic mass is 35.5. The SMILES string of the molecule is NS(=O)(=O)c1ccccc1C1C(c2nc(C3CCCC3)no2)C1(Cl)Cl. The summed E-state index contributed by atoms with van der Waals surface area (Å²) in [6.45, 7) is 0. The lowest BCUT2D eigenvalue weighted by atomic mass is 10.1. The lowest BCUT2D eigenvalue weighted by molar-refractivity contribution is 0.369. The maximum Gasteiger partial charge on any atom is 0.238 e. The Morgan fingerprint density at radius 3 is 2.52 bits per heavy atom. The number of halogens is 2. The number of benzene rings is 1. The average Bonchev–Trinajstić information content (AvgIpc) is 3.03. The molecule has 0 aliphatic heterocycles. The smallest absolute Gasteiger partial charge is 0.238 e. The molecule has 134 valence electrons. The van der Waals surface area contributed by atoms with Crippen LogP contribution in [0.2, 0.25) is 0 Å². The first-order valence-electron chi connectivity index (χ1n) is 8.13. The summed E-state index contributed by atoms with van der Waals surface area (Å²) >= 11 is 12.9. The van der Waals surface area contributed by atoms with Crippen molar-refractivity contribution in [1.29, 1.82) is 0 Å². The Labute approximate surface area is 155 Å². The van der Waals surface area contributed by atoms with Crippen LogP contribution in [0.5, 0.6) is 0 Å². The van der Waals surface area contributed by atoms with E-state index < -0.39 is 26.2 Å². The van der Waals surface area contributed by atoms with E-state index in [-0.39, 0.29) is 4.90 Å². The highest BCUT2D eigenvalue weighted by molar-refractivity contribution is 7.89. The second kappa shape index (κ2) is 5.94. The number of rotatable bonds is 4. The van der Waals surface area contributed by atoms with Crippen molar-refractivity contribution < 1.29 is 12.9 Å². The summed E-state index contributed by atoms with van der Waals surface area (Å²) in [6, 6.07) is 6.44. The largest absolute Gasteiger partial charge is 0.339 e. The Morgan fingerprint density at radius 1 is 1.16 bits per heavy atom. The molecule has 2 atom stereocenters. The molecule has 6 nitrogen and oxygen atoms in total. The van der Waals surface area contributed by atoms with E-state index in [2.05, 4.69) is 10.1 Å². The molecule has 0 bridgehead atoms. The van der Waals surface area contributed by atoms with Crippen LogP contribution in [0.3, 0.4) is 0 Å². The van der Waals surface area contributed by atoms with Crippen molar-refractivity contribution in [1.82, 2.24) is 10.1 Å². The molecule has 2 aliphatic rings. The van der Waals surface area contributed by atoms with Crippen LogP contribution < -0.4 is 5.14 Å². The van der Waals surface area contributed by atoms with Crippen LogP contribution in [-0.2, 0) is 10.0 Å². The summed E-state index contributed by atoms with van der Waals surface area (Å²) < 4.78 is 27.9. The predicted molar refractivity (Wildman–Crippen MR) is 93.2 cm³/mol. The topological polar surface area (TPSA) is 99.1 Å². The molecule has 2 aromatic rings. The Bertz CT molecular complexity index is 907. The van der Waals surface area contributed by atoms with Gasteiger partial charge in [-0.3, -0.25) is 0 Å². The van der Waals surface area contributed by atoms with E-state index >= 15 is 0 Å². The highest BCUT2D eigenvalue weighted by Crippen LogP contribution is 2.70. The lowest BCUT2D eigenvalue weighted by Gasteiger charge is -2.06. The normalized spacial score (nSPS) is 26.0. The molecule has 2 unspecified atom stereocenters.